The van der Waals surface area contributed by atoms with E-state index in [0.717, 1.165) is 26.0 Å². The van der Waals surface area contributed by atoms with Crippen LogP contribution in [-0.2, 0) is 0 Å². The molecule has 0 bridgehead atoms. The Morgan fingerprint density at radius 2 is 1.84 bits per heavy atom. The second-order valence-corrected chi connectivity index (χ2v) is 7.27. The van der Waals surface area contributed by atoms with Crippen LogP contribution >= 0.6 is 22.9 Å². The number of hydrogen-bond donors (Lipinski definition) is 0. The lowest BCUT2D eigenvalue weighted by atomic mass is 10.2. The lowest BCUT2D eigenvalue weighted by Gasteiger charge is -2.00. The van der Waals surface area contributed by atoms with Crippen molar-refractivity contribution in [3.8, 4) is 10.6 Å². The van der Waals surface area contributed by atoms with E-state index in [1.54, 1.807) is 18.2 Å². The van der Waals surface area contributed by atoms with Gasteiger partial charge in [0.05, 0.1) is 15.8 Å². The highest BCUT2D eigenvalue weighted by molar-refractivity contribution is 7.21. The van der Waals surface area contributed by atoms with E-state index in [1.807, 2.05) is 30.3 Å². The van der Waals surface area contributed by atoms with Crippen LogP contribution in [0.15, 0.2) is 69.9 Å². The fourth-order valence-electron chi connectivity index (χ4n) is 2.95. The highest BCUT2D eigenvalue weighted by Crippen LogP contribution is 2.34. The first-order valence-corrected chi connectivity index (χ1v) is 8.90. The van der Waals surface area contributed by atoms with E-state index in [0.29, 0.717) is 21.8 Å². The van der Waals surface area contributed by atoms with Crippen LogP contribution in [0.25, 0.3) is 42.7 Å². The normalized spacial score (nSPS) is 11.6. The number of thiophene rings is 1. The minimum Gasteiger partial charge on any atom is -0.455 e. The Balaban J connectivity index is 1.74. The number of para-hydroxylation sites is 1. The monoisotopic (exact) mass is 363 g/mol. The van der Waals surface area contributed by atoms with E-state index in [-0.39, 0.29) is 5.43 Å². The summed E-state index contributed by atoms with van der Waals surface area (Å²) in [4.78, 5) is 18.9. The molecule has 0 aliphatic rings. The summed E-state index contributed by atoms with van der Waals surface area (Å²) in [6.07, 6.45) is 0. The molecular formula is C20H10ClNO2S. The second kappa shape index (κ2) is 5.41. The molecule has 0 fully saturated rings. The summed E-state index contributed by atoms with van der Waals surface area (Å²) in [5, 5.41) is 3.14. The van der Waals surface area contributed by atoms with Gasteiger partial charge in [0.1, 0.15) is 16.2 Å². The van der Waals surface area contributed by atoms with E-state index in [9.17, 15) is 4.79 Å². The third-order valence-electron chi connectivity index (χ3n) is 4.14. The zero-order valence-electron chi connectivity index (χ0n) is 12.8. The van der Waals surface area contributed by atoms with E-state index in [4.69, 9.17) is 21.0 Å². The van der Waals surface area contributed by atoms with Crippen LogP contribution in [0.3, 0.4) is 0 Å². The van der Waals surface area contributed by atoms with Gasteiger partial charge in [-0.2, -0.15) is 0 Å². The van der Waals surface area contributed by atoms with Crippen molar-refractivity contribution in [2.24, 2.45) is 0 Å². The van der Waals surface area contributed by atoms with Gasteiger partial charge in [0.2, 0.25) is 0 Å². The first kappa shape index (κ1) is 14.6. The molecular weight excluding hydrogens is 354 g/mol. The third-order valence-corrected chi connectivity index (χ3v) is 5.44. The lowest BCUT2D eigenvalue weighted by Crippen LogP contribution is -1.99. The summed E-state index contributed by atoms with van der Waals surface area (Å²) in [6, 6.07) is 18.7. The van der Waals surface area contributed by atoms with Crippen LogP contribution in [-0.4, -0.2) is 4.98 Å². The summed E-state index contributed by atoms with van der Waals surface area (Å²) in [7, 11) is 0. The van der Waals surface area contributed by atoms with Crippen LogP contribution in [0.4, 0.5) is 0 Å². The van der Waals surface area contributed by atoms with Gasteiger partial charge in [-0.05, 0) is 36.4 Å². The number of nitrogens with zero attached hydrogens (tertiary/aromatic N) is 1. The molecule has 0 atom stereocenters. The maximum atomic E-state index is 12.4. The Bertz CT molecular complexity index is 1280. The summed E-state index contributed by atoms with van der Waals surface area (Å²) in [5.74, 6) is 0.548. The Morgan fingerprint density at radius 1 is 0.960 bits per heavy atom. The minimum absolute atomic E-state index is 0.102. The van der Waals surface area contributed by atoms with Gasteiger partial charge in [-0.3, -0.25) is 4.79 Å². The van der Waals surface area contributed by atoms with Crippen LogP contribution in [0.1, 0.15) is 0 Å². The Kier molecular flexibility index (Phi) is 3.17. The molecule has 0 aliphatic heterocycles. The number of hydrogen-bond acceptors (Lipinski definition) is 4. The minimum atomic E-state index is -0.102. The number of fused-ring (bicyclic) bond motifs is 3. The van der Waals surface area contributed by atoms with Crippen molar-refractivity contribution >= 4 is 55.0 Å². The zero-order valence-corrected chi connectivity index (χ0v) is 14.4. The van der Waals surface area contributed by atoms with Crippen molar-refractivity contribution < 1.29 is 4.42 Å². The quantitative estimate of drug-likeness (QED) is 0.373. The predicted octanol–water partition coefficient (Wildman–Crippen LogP) is 5.88. The van der Waals surface area contributed by atoms with E-state index in [1.165, 1.54) is 17.4 Å². The standard InChI is InChI=1S/C20H10ClNO2S/c21-13-5-6-17-14(9-13)16(23)10-18(24-17)19-8-12-7-11-3-1-2-4-15(11)22-20(12)25-19/h1-10H. The molecule has 0 radical (unpaired) electrons. The van der Waals surface area contributed by atoms with Gasteiger partial charge in [-0.25, -0.2) is 4.98 Å². The van der Waals surface area contributed by atoms with Gasteiger partial charge in [0.15, 0.2) is 5.43 Å². The molecule has 0 saturated carbocycles. The molecule has 0 aliphatic carbocycles. The summed E-state index contributed by atoms with van der Waals surface area (Å²) in [5.41, 5.74) is 1.38. The fourth-order valence-corrected chi connectivity index (χ4v) is 4.09. The van der Waals surface area contributed by atoms with Gasteiger partial charge >= 0.3 is 0 Å². The van der Waals surface area contributed by atoms with Crippen molar-refractivity contribution in [1.29, 1.82) is 0 Å². The molecule has 5 rings (SSSR count). The lowest BCUT2D eigenvalue weighted by molar-refractivity contribution is 0.620. The maximum Gasteiger partial charge on any atom is 0.193 e. The Morgan fingerprint density at radius 3 is 2.76 bits per heavy atom. The van der Waals surface area contributed by atoms with Crippen molar-refractivity contribution in [3.63, 3.8) is 0 Å². The number of aromatic nitrogens is 1. The molecule has 0 N–H and O–H groups in total. The first-order chi connectivity index (χ1) is 12.2. The molecule has 3 aromatic heterocycles. The van der Waals surface area contributed by atoms with Crippen LogP contribution in [0, 0.1) is 0 Å². The second-order valence-electron chi connectivity index (χ2n) is 5.80. The number of benzene rings is 2. The topological polar surface area (TPSA) is 43.1 Å². The van der Waals surface area contributed by atoms with Crippen molar-refractivity contribution in [1.82, 2.24) is 4.98 Å². The molecule has 120 valence electrons. The molecule has 3 nitrogen and oxygen atoms in total. The Hall–Kier alpha value is -2.69. The average molecular weight is 364 g/mol. The van der Waals surface area contributed by atoms with Gasteiger partial charge in [-0.15, -0.1) is 11.3 Å². The van der Waals surface area contributed by atoms with E-state index >= 15 is 0 Å². The summed E-state index contributed by atoms with van der Waals surface area (Å²) in [6.45, 7) is 0. The van der Waals surface area contributed by atoms with Crippen molar-refractivity contribution in [2.45, 2.75) is 0 Å². The third kappa shape index (κ3) is 2.42. The zero-order chi connectivity index (χ0) is 17.0. The molecule has 5 aromatic rings. The molecule has 0 saturated heterocycles. The molecule has 0 amide bonds. The molecule has 3 heterocycles. The smallest absolute Gasteiger partial charge is 0.193 e. The highest BCUT2D eigenvalue weighted by Gasteiger charge is 2.12. The Labute approximate surface area is 151 Å². The maximum absolute atomic E-state index is 12.4. The van der Waals surface area contributed by atoms with Gasteiger partial charge in [0.25, 0.3) is 0 Å². The average Bonchev–Trinajstić information content (AvgIpc) is 3.03. The molecule has 0 unspecified atom stereocenters. The number of halogens is 1. The van der Waals surface area contributed by atoms with Crippen molar-refractivity contribution in [2.75, 3.05) is 0 Å². The van der Waals surface area contributed by atoms with E-state index < -0.39 is 0 Å². The highest BCUT2D eigenvalue weighted by atomic mass is 35.5. The van der Waals surface area contributed by atoms with Gasteiger partial charge in [0, 0.05) is 21.9 Å². The molecule has 0 spiro atoms. The predicted molar refractivity (Wildman–Crippen MR) is 104 cm³/mol. The van der Waals surface area contributed by atoms with Gasteiger partial charge < -0.3 is 4.42 Å². The van der Waals surface area contributed by atoms with Crippen LogP contribution in [0.5, 0.6) is 0 Å². The SMILES string of the molecule is O=c1cc(-c2cc3cc4ccccc4nc3s2)oc2ccc(Cl)cc12. The van der Waals surface area contributed by atoms with E-state index in [2.05, 4.69) is 6.07 Å². The molecule has 2 aromatic carbocycles. The number of pyridine rings is 1. The summed E-state index contributed by atoms with van der Waals surface area (Å²) >= 11 is 7.48. The van der Waals surface area contributed by atoms with Crippen LogP contribution in [0.2, 0.25) is 5.02 Å². The fraction of sp³-hybridized carbons (Fsp3) is 0. The number of rotatable bonds is 1. The first-order valence-electron chi connectivity index (χ1n) is 7.70. The molecule has 25 heavy (non-hydrogen) atoms. The van der Waals surface area contributed by atoms with Crippen LogP contribution < -0.4 is 5.43 Å². The largest absolute Gasteiger partial charge is 0.455 e. The van der Waals surface area contributed by atoms with Crippen molar-refractivity contribution in [3.05, 3.63) is 75.9 Å². The summed E-state index contributed by atoms with van der Waals surface area (Å²) < 4.78 is 5.93. The van der Waals surface area contributed by atoms with Gasteiger partial charge in [-0.1, -0.05) is 29.8 Å². The molecule has 5 heteroatoms.